The van der Waals surface area contributed by atoms with Crippen molar-refractivity contribution in [2.24, 2.45) is 5.73 Å². The van der Waals surface area contributed by atoms with Crippen molar-refractivity contribution < 1.29 is 8.78 Å². The van der Waals surface area contributed by atoms with Gasteiger partial charge < -0.3 is 10.6 Å². The molecular formula is C16H18F2N2. The van der Waals surface area contributed by atoms with E-state index >= 15 is 0 Å². The van der Waals surface area contributed by atoms with Gasteiger partial charge in [-0.25, -0.2) is 8.78 Å². The second-order valence-electron chi connectivity index (χ2n) is 4.66. The van der Waals surface area contributed by atoms with Gasteiger partial charge in [0.05, 0.1) is 5.69 Å². The van der Waals surface area contributed by atoms with E-state index in [9.17, 15) is 8.78 Å². The van der Waals surface area contributed by atoms with E-state index in [1.165, 1.54) is 12.1 Å². The highest BCUT2D eigenvalue weighted by Gasteiger charge is 2.19. The molecule has 0 heterocycles. The zero-order valence-corrected chi connectivity index (χ0v) is 11.6. The number of anilines is 2. The topological polar surface area (TPSA) is 29.3 Å². The maximum absolute atomic E-state index is 14.0. The van der Waals surface area contributed by atoms with E-state index in [1.54, 1.807) is 42.2 Å². The average Bonchev–Trinajstić information content (AvgIpc) is 2.41. The van der Waals surface area contributed by atoms with E-state index in [0.717, 1.165) is 0 Å². The number of hydrogen-bond donors (Lipinski definition) is 1. The molecule has 0 aliphatic carbocycles. The Balaban J connectivity index is 2.59. The van der Waals surface area contributed by atoms with Gasteiger partial charge in [-0.15, -0.1) is 0 Å². The first-order valence-electron chi connectivity index (χ1n) is 6.62. The molecule has 20 heavy (non-hydrogen) atoms. The Morgan fingerprint density at radius 2 is 1.60 bits per heavy atom. The molecule has 2 nitrogen and oxygen atoms in total. The normalized spacial score (nSPS) is 12.2. The molecule has 2 rings (SSSR count). The smallest absolute Gasteiger partial charge is 0.146 e. The maximum Gasteiger partial charge on any atom is 0.146 e. The molecular weight excluding hydrogens is 258 g/mol. The number of hydrogen-bond acceptors (Lipinski definition) is 2. The number of rotatable bonds is 4. The van der Waals surface area contributed by atoms with E-state index in [2.05, 4.69) is 0 Å². The van der Waals surface area contributed by atoms with E-state index < -0.39 is 6.04 Å². The fourth-order valence-electron chi connectivity index (χ4n) is 2.35. The number of benzene rings is 2. The van der Waals surface area contributed by atoms with Crippen LogP contribution in [0.1, 0.15) is 25.5 Å². The highest BCUT2D eigenvalue weighted by Crippen LogP contribution is 2.33. The van der Waals surface area contributed by atoms with E-state index in [-0.39, 0.29) is 11.6 Å². The van der Waals surface area contributed by atoms with Crippen LogP contribution in [-0.4, -0.2) is 6.54 Å². The highest BCUT2D eigenvalue weighted by atomic mass is 19.1. The van der Waals surface area contributed by atoms with Crippen molar-refractivity contribution in [1.29, 1.82) is 0 Å². The third-order valence-electron chi connectivity index (χ3n) is 3.24. The SMILES string of the molecule is CCN(c1ccccc1F)c1cccc(F)c1C(C)N. The molecule has 1 atom stereocenters. The van der Waals surface area contributed by atoms with E-state index in [4.69, 9.17) is 5.73 Å². The average molecular weight is 276 g/mol. The summed E-state index contributed by atoms with van der Waals surface area (Å²) in [5.41, 5.74) is 7.29. The number of nitrogens with zero attached hydrogens (tertiary/aromatic N) is 1. The second kappa shape index (κ2) is 6.01. The van der Waals surface area contributed by atoms with Crippen molar-refractivity contribution in [2.45, 2.75) is 19.9 Å². The van der Waals surface area contributed by atoms with Crippen molar-refractivity contribution in [3.05, 3.63) is 59.7 Å². The van der Waals surface area contributed by atoms with Crippen LogP contribution in [0.5, 0.6) is 0 Å². The Morgan fingerprint density at radius 3 is 2.20 bits per heavy atom. The summed E-state index contributed by atoms with van der Waals surface area (Å²) in [7, 11) is 0. The first kappa shape index (κ1) is 14.5. The van der Waals surface area contributed by atoms with Crippen molar-refractivity contribution in [2.75, 3.05) is 11.4 Å². The zero-order chi connectivity index (χ0) is 14.7. The fourth-order valence-corrected chi connectivity index (χ4v) is 2.35. The predicted octanol–water partition coefficient (Wildman–Crippen LogP) is 4.14. The van der Waals surface area contributed by atoms with Crippen LogP contribution in [0, 0.1) is 11.6 Å². The lowest BCUT2D eigenvalue weighted by molar-refractivity contribution is 0.592. The molecule has 0 aliphatic rings. The van der Waals surface area contributed by atoms with Crippen LogP contribution in [0.15, 0.2) is 42.5 Å². The fraction of sp³-hybridized carbons (Fsp3) is 0.250. The van der Waals surface area contributed by atoms with Gasteiger partial charge in [-0.2, -0.15) is 0 Å². The molecule has 0 saturated heterocycles. The van der Waals surface area contributed by atoms with Crippen molar-refractivity contribution in [3.63, 3.8) is 0 Å². The van der Waals surface area contributed by atoms with Crippen molar-refractivity contribution in [1.82, 2.24) is 0 Å². The lowest BCUT2D eigenvalue weighted by Gasteiger charge is -2.27. The van der Waals surface area contributed by atoms with Crippen molar-refractivity contribution in [3.8, 4) is 0 Å². The predicted molar refractivity (Wildman–Crippen MR) is 78.1 cm³/mol. The summed E-state index contributed by atoms with van der Waals surface area (Å²) < 4.78 is 28.0. The first-order chi connectivity index (χ1) is 9.56. The maximum atomic E-state index is 14.0. The van der Waals surface area contributed by atoms with Gasteiger partial charge in [-0.1, -0.05) is 18.2 Å². The third-order valence-corrected chi connectivity index (χ3v) is 3.24. The van der Waals surface area contributed by atoms with Crippen LogP contribution in [0.25, 0.3) is 0 Å². The molecule has 2 N–H and O–H groups in total. The largest absolute Gasteiger partial charge is 0.339 e. The standard InChI is InChI=1S/C16H18F2N2/c1-3-20(14-9-5-4-7-12(14)17)15-10-6-8-13(18)16(15)11(2)19/h4-11H,3,19H2,1-2H3. The minimum Gasteiger partial charge on any atom is -0.339 e. The van der Waals surface area contributed by atoms with Crippen LogP contribution < -0.4 is 10.6 Å². The number of halogens is 2. The van der Waals surface area contributed by atoms with Gasteiger partial charge in [0, 0.05) is 23.8 Å². The van der Waals surface area contributed by atoms with Gasteiger partial charge in [-0.3, -0.25) is 0 Å². The molecule has 1 unspecified atom stereocenters. The molecule has 2 aromatic carbocycles. The van der Waals surface area contributed by atoms with Crippen LogP contribution in [-0.2, 0) is 0 Å². The summed E-state index contributed by atoms with van der Waals surface area (Å²) in [4.78, 5) is 1.73. The summed E-state index contributed by atoms with van der Waals surface area (Å²) in [6, 6.07) is 10.7. The summed E-state index contributed by atoms with van der Waals surface area (Å²) >= 11 is 0. The monoisotopic (exact) mass is 276 g/mol. The Bertz CT molecular complexity index is 597. The van der Waals surface area contributed by atoms with E-state index in [0.29, 0.717) is 23.5 Å². The summed E-state index contributed by atoms with van der Waals surface area (Å²) in [5.74, 6) is -0.707. The molecule has 4 heteroatoms. The Labute approximate surface area is 117 Å². The van der Waals surface area contributed by atoms with Crippen LogP contribution in [0.4, 0.5) is 20.2 Å². The second-order valence-corrected chi connectivity index (χ2v) is 4.66. The van der Waals surface area contributed by atoms with Gasteiger partial charge >= 0.3 is 0 Å². The van der Waals surface area contributed by atoms with Gasteiger partial charge in [0.2, 0.25) is 0 Å². The molecule has 0 spiro atoms. The van der Waals surface area contributed by atoms with Crippen molar-refractivity contribution >= 4 is 11.4 Å². The Hall–Kier alpha value is -1.94. The van der Waals surface area contributed by atoms with Gasteiger partial charge in [0.1, 0.15) is 11.6 Å². The summed E-state index contributed by atoms with van der Waals surface area (Å²) in [6.45, 7) is 4.13. The van der Waals surface area contributed by atoms with Gasteiger partial charge in [0.25, 0.3) is 0 Å². The summed E-state index contributed by atoms with van der Waals surface area (Å²) in [6.07, 6.45) is 0. The lowest BCUT2D eigenvalue weighted by atomic mass is 10.0. The minimum atomic E-state index is -0.466. The van der Waals surface area contributed by atoms with Gasteiger partial charge in [0.15, 0.2) is 0 Å². The van der Waals surface area contributed by atoms with Gasteiger partial charge in [-0.05, 0) is 38.1 Å². The number of para-hydroxylation sites is 1. The first-order valence-corrected chi connectivity index (χ1v) is 6.62. The summed E-state index contributed by atoms with van der Waals surface area (Å²) in [5, 5.41) is 0. The molecule has 106 valence electrons. The molecule has 0 saturated carbocycles. The molecule has 0 aliphatic heterocycles. The van der Waals surface area contributed by atoms with Crippen LogP contribution in [0.2, 0.25) is 0 Å². The Kier molecular flexibility index (Phi) is 4.35. The molecule has 0 fully saturated rings. The van der Waals surface area contributed by atoms with Crippen LogP contribution in [0.3, 0.4) is 0 Å². The Morgan fingerprint density at radius 1 is 1.00 bits per heavy atom. The molecule has 2 aromatic rings. The van der Waals surface area contributed by atoms with Crippen LogP contribution >= 0.6 is 0 Å². The quantitative estimate of drug-likeness (QED) is 0.909. The highest BCUT2D eigenvalue weighted by molar-refractivity contribution is 5.67. The molecule has 0 amide bonds. The minimum absolute atomic E-state index is 0.339. The number of nitrogens with two attached hydrogens (primary N) is 1. The molecule has 0 radical (unpaired) electrons. The lowest BCUT2D eigenvalue weighted by Crippen LogP contribution is -2.21. The zero-order valence-electron chi connectivity index (χ0n) is 11.6. The molecule has 0 bridgehead atoms. The third kappa shape index (κ3) is 2.65. The molecule has 0 aromatic heterocycles. The van der Waals surface area contributed by atoms with E-state index in [1.807, 2.05) is 6.92 Å².